The molecule has 0 saturated heterocycles. The van der Waals surface area contributed by atoms with E-state index >= 15 is 0 Å². The van der Waals surface area contributed by atoms with Crippen LogP contribution in [0.15, 0.2) is 18.2 Å². The molecule has 0 atom stereocenters. The molecule has 0 aromatic heterocycles. The van der Waals surface area contributed by atoms with Crippen LogP contribution >= 0.6 is 0 Å². The third kappa shape index (κ3) is 5.46. The number of fused-ring (bicyclic) bond motifs is 1. The zero-order chi connectivity index (χ0) is 19.3. The molecule has 2 N–H and O–H groups in total. The molecule has 2 rings (SSSR count). The Morgan fingerprint density at radius 1 is 1.31 bits per heavy atom. The molecule has 2 amide bonds. The van der Waals surface area contributed by atoms with Crippen LogP contribution in [0.2, 0.25) is 0 Å². The molecular weight excluding hydrogens is 330 g/mol. The number of anilines is 1. The molecule has 1 aromatic rings. The van der Waals surface area contributed by atoms with Gasteiger partial charge in [-0.25, -0.2) is 0 Å². The lowest BCUT2D eigenvalue weighted by Gasteiger charge is -2.31. The summed E-state index contributed by atoms with van der Waals surface area (Å²) in [5.74, 6) is 0.715. The zero-order valence-corrected chi connectivity index (χ0v) is 16.6. The van der Waals surface area contributed by atoms with Crippen LogP contribution in [0.25, 0.3) is 0 Å². The maximum atomic E-state index is 12.3. The minimum Gasteiger partial charge on any atom is -0.482 e. The minimum absolute atomic E-state index is 0.00446. The summed E-state index contributed by atoms with van der Waals surface area (Å²) in [6.45, 7) is 8.58. The monoisotopic (exact) mass is 362 g/mol. The van der Waals surface area contributed by atoms with E-state index in [9.17, 15) is 9.59 Å². The van der Waals surface area contributed by atoms with Gasteiger partial charge in [-0.2, -0.15) is 0 Å². The number of nitrogens with one attached hydrogen (secondary N) is 2. The van der Waals surface area contributed by atoms with Crippen molar-refractivity contribution in [2.24, 2.45) is 0 Å². The van der Waals surface area contributed by atoms with Gasteiger partial charge in [0.1, 0.15) is 5.75 Å². The molecular formula is C20H32N3O3+. The first-order valence-corrected chi connectivity index (χ1v) is 9.32. The molecule has 0 bridgehead atoms. The Balaban J connectivity index is 1.97. The van der Waals surface area contributed by atoms with E-state index in [0.717, 1.165) is 23.5 Å². The van der Waals surface area contributed by atoms with Gasteiger partial charge in [-0.15, -0.1) is 0 Å². The van der Waals surface area contributed by atoms with Gasteiger partial charge in [-0.05, 0) is 29.5 Å². The van der Waals surface area contributed by atoms with Crippen LogP contribution in [0, 0.1) is 0 Å². The van der Waals surface area contributed by atoms with Crippen molar-refractivity contribution in [3.05, 3.63) is 23.8 Å². The maximum absolute atomic E-state index is 12.3. The normalized spacial score (nSPS) is 14.2. The number of quaternary nitrogens is 1. The van der Waals surface area contributed by atoms with Crippen LogP contribution in [0.4, 0.5) is 5.69 Å². The van der Waals surface area contributed by atoms with Crippen molar-refractivity contribution >= 4 is 17.5 Å². The van der Waals surface area contributed by atoms with E-state index < -0.39 is 0 Å². The highest BCUT2D eigenvalue weighted by molar-refractivity contribution is 5.98. The quantitative estimate of drug-likeness (QED) is 0.752. The van der Waals surface area contributed by atoms with E-state index in [2.05, 4.69) is 40.2 Å². The lowest BCUT2D eigenvalue weighted by Crippen LogP contribution is -3.06. The third-order valence-corrected chi connectivity index (χ3v) is 4.50. The molecule has 0 spiro atoms. The fourth-order valence-electron chi connectivity index (χ4n) is 2.85. The first-order chi connectivity index (χ1) is 12.2. The average Bonchev–Trinajstić information content (AvgIpc) is 2.55. The molecule has 1 aromatic carbocycles. The number of nitrogens with zero attached hydrogens (tertiary/aromatic N) is 1. The van der Waals surface area contributed by atoms with Crippen LogP contribution in [0.5, 0.6) is 5.75 Å². The van der Waals surface area contributed by atoms with Crippen LogP contribution < -0.4 is 19.9 Å². The second-order valence-corrected chi connectivity index (χ2v) is 8.18. The summed E-state index contributed by atoms with van der Waals surface area (Å²) in [4.78, 5) is 27.3. The van der Waals surface area contributed by atoms with Crippen LogP contribution in [-0.4, -0.2) is 52.2 Å². The van der Waals surface area contributed by atoms with Crippen molar-refractivity contribution in [1.29, 1.82) is 0 Å². The number of likely N-dealkylation sites (N-methyl/N-ethyl adjacent to an activating group) is 1. The van der Waals surface area contributed by atoms with Gasteiger partial charge in [-0.3, -0.25) is 9.59 Å². The van der Waals surface area contributed by atoms with E-state index in [4.69, 9.17) is 4.74 Å². The first kappa shape index (κ1) is 20.2. The largest absolute Gasteiger partial charge is 0.482 e. The smallest absolute Gasteiger partial charge is 0.265 e. The van der Waals surface area contributed by atoms with Gasteiger partial charge in [0, 0.05) is 13.0 Å². The van der Waals surface area contributed by atoms with Crippen LogP contribution in [0.3, 0.4) is 0 Å². The van der Waals surface area contributed by atoms with E-state index in [1.165, 1.54) is 4.90 Å². The number of hydrogen-bond acceptors (Lipinski definition) is 3. The fourth-order valence-corrected chi connectivity index (χ4v) is 2.85. The molecule has 0 fully saturated rings. The Kier molecular flexibility index (Phi) is 6.64. The van der Waals surface area contributed by atoms with E-state index in [1.807, 2.05) is 18.2 Å². The summed E-state index contributed by atoms with van der Waals surface area (Å²) >= 11 is 0. The van der Waals surface area contributed by atoms with Crippen molar-refractivity contribution in [3.8, 4) is 5.75 Å². The zero-order valence-electron chi connectivity index (χ0n) is 16.6. The molecule has 1 heterocycles. The summed E-state index contributed by atoms with van der Waals surface area (Å²) in [6.07, 6.45) is 1.05. The third-order valence-electron chi connectivity index (χ3n) is 4.50. The Morgan fingerprint density at radius 2 is 2.04 bits per heavy atom. The summed E-state index contributed by atoms with van der Waals surface area (Å²) in [6, 6.07) is 6.02. The molecule has 1 aliphatic rings. The minimum atomic E-state index is -0.0554. The molecule has 0 saturated carbocycles. The summed E-state index contributed by atoms with van der Waals surface area (Å²) in [5, 5.41) is 2.92. The molecule has 6 heteroatoms. The van der Waals surface area contributed by atoms with Gasteiger partial charge >= 0.3 is 0 Å². The number of carbonyl (C=O) groups is 2. The SMILES string of the molecule is C[NH+](C)CCNC(=O)CCCN1C(=O)COc2ccc(C(C)(C)C)cc21. The highest BCUT2D eigenvalue weighted by Crippen LogP contribution is 2.36. The lowest BCUT2D eigenvalue weighted by atomic mass is 9.86. The highest BCUT2D eigenvalue weighted by atomic mass is 16.5. The predicted octanol–water partition coefficient (Wildman–Crippen LogP) is 0.750. The predicted molar refractivity (Wildman–Crippen MR) is 103 cm³/mol. The lowest BCUT2D eigenvalue weighted by molar-refractivity contribution is -0.856. The van der Waals surface area contributed by atoms with Gasteiger partial charge in [0.25, 0.3) is 5.91 Å². The molecule has 0 unspecified atom stereocenters. The Bertz CT molecular complexity index is 650. The Labute approximate surface area is 156 Å². The average molecular weight is 362 g/mol. The van der Waals surface area contributed by atoms with Gasteiger partial charge in [0.15, 0.2) is 6.61 Å². The molecule has 26 heavy (non-hydrogen) atoms. The van der Waals surface area contributed by atoms with Gasteiger partial charge in [0.2, 0.25) is 5.91 Å². The highest BCUT2D eigenvalue weighted by Gasteiger charge is 2.27. The van der Waals surface area contributed by atoms with E-state index in [0.29, 0.717) is 25.9 Å². The van der Waals surface area contributed by atoms with Crippen molar-refractivity contribution < 1.29 is 19.2 Å². The number of ether oxygens (including phenoxy) is 1. The van der Waals surface area contributed by atoms with Crippen molar-refractivity contribution in [2.75, 3.05) is 45.2 Å². The molecule has 6 nitrogen and oxygen atoms in total. The van der Waals surface area contributed by atoms with Crippen molar-refractivity contribution in [2.45, 2.75) is 39.0 Å². The summed E-state index contributed by atoms with van der Waals surface area (Å²) < 4.78 is 5.56. The first-order valence-electron chi connectivity index (χ1n) is 9.32. The summed E-state index contributed by atoms with van der Waals surface area (Å²) in [5.41, 5.74) is 1.96. The van der Waals surface area contributed by atoms with Crippen molar-refractivity contribution in [3.63, 3.8) is 0 Å². The molecule has 0 radical (unpaired) electrons. The fraction of sp³-hybridized carbons (Fsp3) is 0.600. The molecule has 1 aliphatic heterocycles. The standard InChI is InChI=1S/C20H31N3O3/c1-20(2,3)15-8-9-17-16(13-15)23(19(25)14-26-17)11-6-7-18(24)21-10-12-22(4)5/h8-9,13H,6-7,10-12,14H2,1-5H3,(H,21,24)/p+1. The molecule has 144 valence electrons. The number of carbonyl (C=O) groups excluding carboxylic acids is 2. The van der Waals surface area contributed by atoms with E-state index in [1.54, 1.807) is 4.90 Å². The topological polar surface area (TPSA) is 63.1 Å². The Hall–Kier alpha value is -2.08. The van der Waals surface area contributed by atoms with Gasteiger partial charge < -0.3 is 19.9 Å². The Morgan fingerprint density at radius 3 is 2.69 bits per heavy atom. The maximum Gasteiger partial charge on any atom is 0.265 e. The van der Waals surface area contributed by atoms with Crippen molar-refractivity contribution in [1.82, 2.24) is 5.32 Å². The van der Waals surface area contributed by atoms with Gasteiger partial charge in [0.05, 0.1) is 32.9 Å². The van der Waals surface area contributed by atoms with Crippen LogP contribution in [-0.2, 0) is 15.0 Å². The number of hydrogen-bond donors (Lipinski definition) is 2. The molecule has 0 aliphatic carbocycles. The summed E-state index contributed by atoms with van der Waals surface area (Å²) in [7, 11) is 4.11. The number of benzene rings is 1. The van der Waals surface area contributed by atoms with Crippen LogP contribution in [0.1, 0.15) is 39.2 Å². The van der Waals surface area contributed by atoms with E-state index in [-0.39, 0.29) is 23.8 Å². The second-order valence-electron chi connectivity index (χ2n) is 8.18. The number of rotatable bonds is 7. The second kappa shape index (κ2) is 8.54. The van der Waals surface area contributed by atoms with Gasteiger partial charge in [-0.1, -0.05) is 26.8 Å². The number of amides is 2.